The van der Waals surface area contributed by atoms with E-state index in [4.69, 9.17) is 5.73 Å². The fourth-order valence-electron chi connectivity index (χ4n) is 1.64. The average molecular weight is 217 g/mol. The molecule has 0 atom stereocenters. The molecule has 2 aromatic rings. The van der Waals surface area contributed by atoms with Crippen molar-refractivity contribution in [2.75, 3.05) is 12.4 Å². The number of nitrogens with zero attached hydrogens (tertiary/aromatic N) is 3. The maximum absolute atomic E-state index is 5.61. The van der Waals surface area contributed by atoms with Gasteiger partial charge in [0.25, 0.3) is 0 Å². The monoisotopic (exact) mass is 217 g/mol. The van der Waals surface area contributed by atoms with E-state index in [2.05, 4.69) is 15.5 Å². The molecule has 0 fully saturated rings. The number of hydrogen-bond acceptors (Lipinski definition) is 4. The Morgan fingerprint density at radius 3 is 2.81 bits per heavy atom. The molecule has 0 unspecified atom stereocenters. The largest absolute Gasteiger partial charge is 0.357 e. The summed E-state index contributed by atoms with van der Waals surface area (Å²) in [6.07, 6.45) is 0. The third kappa shape index (κ3) is 1.77. The molecule has 0 saturated heterocycles. The molecule has 5 nitrogen and oxygen atoms in total. The van der Waals surface area contributed by atoms with Crippen molar-refractivity contribution in [2.24, 2.45) is 12.8 Å². The molecule has 0 saturated carbocycles. The molecule has 3 N–H and O–H groups in total. The summed E-state index contributed by atoms with van der Waals surface area (Å²) >= 11 is 0. The van der Waals surface area contributed by atoms with Crippen molar-refractivity contribution >= 4 is 5.95 Å². The summed E-state index contributed by atoms with van der Waals surface area (Å²) < 4.78 is 1.91. The second-order valence-electron chi connectivity index (χ2n) is 3.56. The molecular formula is C11H15N5. The van der Waals surface area contributed by atoms with E-state index in [0.29, 0.717) is 6.54 Å². The Bertz CT molecular complexity index is 489. The second-order valence-corrected chi connectivity index (χ2v) is 3.56. The number of benzene rings is 1. The van der Waals surface area contributed by atoms with Crippen LogP contribution in [0, 0.1) is 0 Å². The van der Waals surface area contributed by atoms with E-state index in [0.717, 1.165) is 22.9 Å². The summed E-state index contributed by atoms with van der Waals surface area (Å²) in [4.78, 5) is 0. The summed E-state index contributed by atoms with van der Waals surface area (Å²) in [5.74, 6) is 1.58. The summed E-state index contributed by atoms with van der Waals surface area (Å²) in [5.41, 5.74) is 7.73. The molecule has 0 radical (unpaired) electrons. The minimum atomic E-state index is 0.532. The Kier molecular flexibility index (Phi) is 2.87. The van der Waals surface area contributed by atoms with Crippen LogP contribution in [0.3, 0.4) is 0 Å². The molecule has 0 aliphatic heterocycles. The number of rotatable bonds is 3. The van der Waals surface area contributed by atoms with Crippen molar-refractivity contribution < 1.29 is 0 Å². The molecule has 5 heteroatoms. The van der Waals surface area contributed by atoms with Crippen LogP contribution < -0.4 is 11.1 Å². The van der Waals surface area contributed by atoms with Crippen LogP contribution in [0.15, 0.2) is 24.3 Å². The summed E-state index contributed by atoms with van der Waals surface area (Å²) in [6, 6.07) is 8.01. The summed E-state index contributed by atoms with van der Waals surface area (Å²) in [7, 11) is 3.75. The normalized spacial score (nSPS) is 10.4. The quantitative estimate of drug-likeness (QED) is 0.804. The van der Waals surface area contributed by atoms with Crippen LogP contribution in [0.5, 0.6) is 0 Å². The molecule has 16 heavy (non-hydrogen) atoms. The number of nitrogens with one attached hydrogen (secondary N) is 1. The van der Waals surface area contributed by atoms with Crippen LogP contribution in [-0.2, 0) is 13.6 Å². The molecule has 84 valence electrons. The van der Waals surface area contributed by atoms with Gasteiger partial charge in [-0.3, -0.25) is 4.57 Å². The first-order valence-corrected chi connectivity index (χ1v) is 5.12. The van der Waals surface area contributed by atoms with Gasteiger partial charge in [-0.2, -0.15) is 0 Å². The van der Waals surface area contributed by atoms with E-state index in [1.165, 1.54) is 0 Å². The lowest BCUT2D eigenvalue weighted by atomic mass is 10.1. The maximum Gasteiger partial charge on any atom is 0.224 e. The molecule has 1 aromatic heterocycles. The molecule has 1 heterocycles. The SMILES string of the molecule is CNc1nnc(-c2cccc(CN)c2)n1C. The Morgan fingerprint density at radius 2 is 2.19 bits per heavy atom. The second kappa shape index (κ2) is 4.32. The first-order valence-electron chi connectivity index (χ1n) is 5.12. The fourth-order valence-corrected chi connectivity index (χ4v) is 1.64. The van der Waals surface area contributed by atoms with Crippen molar-refractivity contribution in [3.8, 4) is 11.4 Å². The van der Waals surface area contributed by atoms with Crippen molar-refractivity contribution in [1.29, 1.82) is 0 Å². The third-order valence-corrected chi connectivity index (χ3v) is 2.52. The lowest BCUT2D eigenvalue weighted by Gasteiger charge is -2.04. The molecule has 0 spiro atoms. The predicted molar refractivity (Wildman–Crippen MR) is 63.9 cm³/mol. The van der Waals surface area contributed by atoms with Crippen LogP contribution in [0.2, 0.25) is 0 Å². The van der Waals surface area contributed by atoms with Gasteiger partial charge in [0.05, 0.1) is 0 Å². The molecule has 0 bridgehead atoms. The zero-order valence-corrected chi connectivity index (χ0v) is 9.44. The lowest BCUT2D eigenvalue weighted by Crippen LogP contribution is -2.00. The highest BCUT2D eigenvalue weighted by molar-refractivity contribution is 5.58. The highest BCUT2D eigenvalue weighted by atomic mass is 15.3. The van der Waals surface area contributed by atoms with Crippen LogP contribution in [-0.4, -0.2) is 21.8 Å². The Morgan fingerprint density at radius 1 is 1.38 bits per heavy atom. The molecule has 2 rings (SSSR count). The van der Waals surface area contributed by atoms with Gasteiger partial charge in [-0.1, -0.05) is 18.2 Å². The first kappa shape index (κ1) is 10.6. The van der Waals surface area contributed by atoms with Crippen molar-refractivity contribution in [3.63, 3.8) is 0 Å². The van der Waals surface area contributed by atoms with Gasteiger partial charge in [0, 0.05) is 26.2 Å². The van der Waals surface area contributed by atoms with Crippen molar-refractivity contribution in [2.45, 2.75) is 6.54 Å². The minimum Gasteiger partial charge on any atom is -0.357 e. The number of nitrogens with two attached hydrogens (primary N) is 1. The van der Waals surface area contributed by atoms with Crippen molar-refractivity contribution in [3.05, 3.63) is 29.8 Å². The van der Waals surface area contributed by atoms with Gasteiger partial charge < -0.3 is 11.1 Å². The van der Waals surface area contributed by atoms with Gasteiger partial charge in [-0.25, -0.2) is 0 Å². The summed E-state index contributed by atoms with van der Waals surface area (Å²) in [6.45, 7) is 0.532. The van der Waals surface area contributed by atoms with E-state index in [-0.39, 0.29) is 0 Å². The van der Waals surface area contributed by atoms with Crippen LogP contribution in [0.4, 0.5) is 5.95 Å². The Hall–Kier alpha value is -1.88. The highest BCUT2D eigenvalue weighted by Gasteiger charge is 2.09. The molecule has 1 aromatic carbocycles. The minimum absolute atomic E-state index is 0.532. The Labute approximate surface area is 94.3 Å². The highest BCUT2D eigenvalue weighted by Crippen LogP contribution is 2.19. The molecule has 0 aliphatic carbocycles. The van der Waals surface area contributed by atoms with E-state index in [1.54, 1.807) is 0 Å². The number of aromatic nitrogens is 3. The van der Waals surface area contributed by atoms with E-state index in [9.17, 15) is 0 Å². The average Bonchev–Trinajstić information content (AvgIpc) is 2.70. The third-order valence-electron chi connectivity index (χ3n) is 2.52. The number of anilines is 1. The molecule has 0 amide bonds. The number of hydrogen-bond donors (Lipinski definition) is 2. The van der Waals surface area contributed by atoms with Crippen LogP contribution in [0.25, 0.3) is 11.4 Å². The zero-order chi connectivity index (χ0) is 11.5. The van der Waals surface area contributed by atoms with Gasteiger partial charge in [0.2, 0.25) is 5.95 Å². The molecule has 0 aliphatic rings. The fraction of sp³-hybridized carbons (Fsp3) is 0.273. The zero-order valence-electron chi connectivity index (χ0n) is 9.44. The van der Waals surface area contributed by atoms with Crippen LogP contribution >= 0.6 is 0 Å². The van der Waals surface area contributed by atoms with E-state index in [1.807, 2.05) is 42.9 Å². The van der Waals surface area contributed by atoms with Gasteiger partial charge in [-0.05, 0) is 11.6 Å². The maximum atomic E-state index is 5.61. The van der Waals surface area contributed by atoms with Crippen LogP contribution in [0.1, 0.15) is 5.56 Å². The lowest BCUT2D eigenvalue weighted by molar-refractivity contribution is 0.924. The summed E-state index contributed by atoms with van der Waals surface area (Å²) in [5, 5.41) is 11.2. The van der Waals surface area contributed by atoms with Gasteiger partial charge >= 0.3 is 0 Å². The molecular weight excluding hydrogens is 202 g/mol. The van der Waals surface area contributed by atoms with E-state index < -0.39 is 0 Å². The predicted octanol–water partition coefficient (Wildman–Crippen LogP) is 0.982. The first-order chi connectivity index (χ1) is 7.76. The topological polar surface area (TPSA) is 68.8 Å². The van der Waals surface area contributed by atoms with Gasteiger partial charge in [-0.15, -0.1) is 10.2 Å². The van der Waals surface area contributed by atoms with Gasteiger partial charge in [0.1, 0.15) is 0 Å². The smallest absolute Gasteiger partial charge is 0.224 e. The van der Waals surface area contributed by atoms with Gasteiger partial charge in [0.15, 0.2) is 5.82 Å². The standard InChI is InChI=1S/C11H15N5/c1-13-11-15-14-10(16(11)2)9-5-3-4-8(6-9)7-12/h3-6H,7,12H2,1-2H3,(H,13,15). The van der Waals surface area contributed by atoms with E-state index >= 15 is 0 Å². The van der Waals surface area contributed by atoms with Crippen molar-refractivity contribution in [1.82, 2.24) is 14.8 Å². The Balaban J connectivity index is 2.45.